The second kappa shape index (κ2) is 3.81. The van der Waals surface area contributed by atoms with E-state index in [1.807, 2.05) is 0 Å². The Labute approximate surface area is 81.3 Å². The van der Waals surface area contributed by atoms with Gasteiger partial charge < -0.3 is 15.6 Å². The van der Waals surface area contributed by atoms with E-state index in [1.54, 1.807) is 4.98 Å². The molecular formula is C7H7F3N2O3. The minimum absolute atomic E-state index is 0.228. The molecule has 0 aromatic carbocycles. The van der Waals surface area contributed by atoms with Gasteiger partial charge in [-0.3, -0.25) is 9.78 Å². The molecule has 0 aliphatic heterocycles. The zero-order valence-corrected chi connectivity index (χ0v) is 7.26. The van der Waals surface area contributed by atoms with E-state index in [0.717, 1.165) is 6.07 Å². The highest BCUT2D eigenvalue weighted by molar-refractivity contribution is 5.40. The Balaban J connectivity index is 3.21. The molecule has 84 valence electrons. The summed E-state index contributed by atoms with van der Waals surface area (Å²) in [4.78, 5) is 12.5. The maximum Gasteiger partial charge on any atom is 0.573 e. The Morgan fingerprint density at radius 1 is 1.53 bits per heavy atom. The van der Waals surface area contributed by atoms with E-state index in [4.69, 9.17) is 10.8 Å². The molecule has 0 saturated carbocycles. The fourth-order valence-corrected chi connectivity index (χ4v) is 0.967. The number of hydrogen-bond donors (Lipinski definition) is 3. The normalized spacial score (nSPS) is 11.5. The summed E-state index contributed by atoms with van der Waals surface area (Å²) in [7, 11) is 0. The molecule has 1 rings (SSSR count). The molecule has 0 spiro atoms. The van der Waals surface area contributed by atoms with Crippen LogP contribution in [0.2, 0.25) is 0 Å². The van der Waals surface area contributed by atoms with Crippen molar-refractivity contribution in [3.8, 4) is 11.6 Å². The lowest BCUT2D eigenvalue weighted by atomic mass is 10.2. The maximum atomic E-state index is 11.9. The van der Waals surface area contributed by atoms with Crippen molar-refractivity contribution in [2.45, 2.75) is 12.9 Å². The Morgan fingerprint density at radius 2 is 2.13 bits per heavy atom. The molecule has 0 bridgehead atoms. The second-order valence-electron chi connectivity index (χ2n) is 2.59. The predicted molar refractivity (Wildman–Crippen MR) is 43.3 cm³/mol. The van der Waals surface area contributed by atoms with Crippen molar-refractivity contribution < 1.29 is 23.0 Å². The van der Waals surface area contributed by atoms with Crippen LogP contribution in [0, 0.1) is 0 Å². The molecule has 8 heteroatoms. The molecule has 0 aliphatic carbocycles. The van der Waals surface area contributed by atoms with Crippen LogP contribution in [0.4, 0.5) is 13.2 Å². The lowest BCUT2D eigenvalue weighted by Crippen LogP contribution is -2.20. The van der Waals surface area contributed by atoms with E-state index >= 15 is 0 Å². The van der Waals surface area contributed by atoms with E-state index in [2.05, 4.69) is 4.74 Å². The van der Waals surface area contributed by atoms with Crippen molar-refractivity contribution in [3.05, 3.63) is 22.0 Å². The van der Waals surface area contributed by atoms with Crippen molar-refractivity contribution in [3.63, 3.8) is 0 Å². The summed E-state index contributed by atoms with van der Waals surface area (Å²) < 4.78 is 39.1. The van der Waals surface area contributed by atoms with Crippen LogP contribution in [0.3, 0.4) is 0 Å². The quantitative estimate of drug-likeness (QED) is 0.680. The summed E-state index contributed by atoms with van der Waals surface area (Å²) in [5.74, 6) is -1.88. The van der Waals surface area contributed by atoms with Gasteiger partial charge in [-0.25, -0.2) is 0 Å². The van der Waals surface area contributed by atoms with Gasteiger partial charge in [-0.2, -0.15) is 0 Å². The molecule has 1 aromatic heterocycles. The van der Waals surface area contributed by atoms with Gasteiger partial charge in [0.2, 0.25) is 5.88 Å². The van der Waals surface area contributed by atoms with E-state index in [9.17, 15) is 18.0 Å². The molecule has 4 N–H and O–H groups in total. The highest BCUT2D eigenvalue weighted by atomic mass is 19.4. The Bertz CT molecular complexity index is 413. The van der Waals surface area contributed by atoms with Crippen molar-refractivity contribution in [1.82, 2.24) is 4.98 Å². The molecule has 15 heavy (non-hydrogen) atoms. The Morgan fingerprint density at radius 3 is 2.60 bits per heavy atom. The fraction of sp³-hybridized carbons (Fsp3) is 0.286. The number of halogens is 3. The first-order valence-electron chi connectivity index (χ1n) is 3.74. The van der Waals surface area contributed by atoms with E-state index in [0.29, 0.717) is 0 Å². The van der Waals surface area contributed by atoms with E-state index < -0.39 is 23.6 Å². The molecule has 1 heterocycles. The summed E-state index contributed by atoms with van der Waals surface area (Å²) >= 11 is 0. The van der Waals surface area contributed by atoms with E-state index in [-0.39, 0.29) is 12.1 Å². The summed E-state index contributed by atoms with van der Waals surface area (Å²) in [5, 5.41) is 9.03. The molecule has 0 radical (unpaired) electrons. The number of aromatic amines is 1. The third-order valence-corrected chi connectivity index (χ3v) is 1.49. The fourth-order valence-electron chi connectivity index (χ4n) is 0.967. The van der Waals surface area contributed by atoms with Crippen molar-refractivity contribution in [1.29, 1.82) is 0 Å². The number of nitrogens with two attached hydrogens (primary N) is 1. The van der Waals surface area contributed by atoms with Crippen LogP contribution < -0.4 is 16.0 Å². The van der Waals surface area contributed by atoms with Gasteiger partial charge in [0.1, 0.15) is 0 Å². The minimum atomic E-state index is -4.96. The molecule has 0 atom stereocenters. The van der Waals surface area contributed by atoms with Crippen LogP contribution in [0.5, 0.6) is 11.6 Å². The van der Waals surface area contributed by atoms with Crippen molar-refractivity contribution >= 4 is 0 Å². The second-order valence-corrected chi connectivity index (χ2v) is 2.59. The van der Waals surface area contributed by atoms with Gasteiger partial charge in [0, 0.05) is 18.2 Å². The lowest BCUT2D eigenvalue weighted by Gasteiger charge is -2.12. The summed E-state index contributed by atoms with van der Waals surface area (Å²) in [5.41, 5.74) is 4.11. The highest BCUT2D eigenvalue weighted by Gasteiger charge is 2.33. The Kier molecular flexibility index (Phi) is 2.89. The topological polar surface area (TPSA) is 88.3 Å². The van der Waals surface area contributed by atoms with Gasteiger partial charge >= 0.3 is 6.36 Å². The lowest BCUT2D eigenvalue weighted by molar-refractivity contribution is -0.275. The third kappa shape index (κ3) is 2.88. The molecule has 0 saturated heterocycles. The van der Waals surface area contributed by atoms with Crippen LogP contribution in [-0.4, -0.2) is 16.5 Å². The Hall–Kier alpha value is -1.70. The molecule has 0 unspecified atom stereocenters. The first-order chi connectivity index (χ1) is 6.83. The smallest absolute Gasteiger partial charge is 0.492 e. The number of hydrogen-bond acceptors (Lipinski definition) is 4. The molecule has 0 fully saturated rings. The van der Waals surface area contributed by atoms with Gasteiger partial charge in [0.05, 0.1) is 0 Å². The van der Waals surface area contributed by atoms with E-state index in [1.165, 1.54) is 0 Å². The minimum Gasteiger partial charge on any atom is -0.492 e. The monoisotopic (exact) mass is 224 g/mol. The molecular weight excluding hydrogens is 217 g/mol. The predicted octanol–water partition coefficient (Wildman–Crippen LogP) is 0.438. The highest BCUT2D eigenvalue weighted by Crippen LogP contribution is 2.31. The number of rotatable bonds is 2. The number of alkyl halides is 3. The first-order valence-corrected chi connectivity index (χ1v) is 3.74. The number of aromatic hydroxyl groups is 1. The average molecular weight is 224 g/mol. The van der Waals surface area contributed by atoms with Crippen LogP contribution in [0.25, 0.3) is 0 Å². The van der Waals surface area contributed by atoms with Crippen LogP contribution in [-0.2, 0) is 6.54 Å². The van der Waals surface area contributed by atoms with Gasteiger partial charge in [-0.15, -0.1) is 13.2 Å². The zero-order chi connectivity index (χ0) is 11.6. The molecule has 0 amide bonds. The molecule has 0 aliphatic rings. The number of pyridine rings is 1. The van der Waals surface area contributed by atoms with Crippen LogP contribution in [0.15, 0.2) is 10.9 Å². The van der Waals surface area contributed by atoms with Gasteiger partial charge in [0.25, 0.3) is 5.56 Å². The summed E-state index contributed by atoms with van der Waals surface area (Å²) in [6, 6.07) is 0.820. The number of ether oxygens (including phenoxy) is 1. The van der Waals surface area contributed by atoms with Crippen LogP contribution >= 0.6 is 0 Å². The standard InChI is InChI=1S/C7H7F3N2O3/c8-7(9,10)15-5-3(2-11)1-4(13)12-6(5)14/h1H,2,11H2,(H2,12,13,14). The van der Waals surface area contributed by atoms with Crippen molar-refractivity contribution in [2.24, 2.45) is 5.73 Å². The van der Waals surface area contributed by atoms with Gasteiger partial charge in [-0.05, 0) is 0 Å². The number of H-pyrrole nitrogens is 1. The van der Waals surface area contributed by atoms with Crippen molar-refractivity contribution in [2.75, 3.05) is 0 Å². The molecule has 5 nitrogen and oxygen atoms in total. The average Bonchev–Trinajstić information content (AvgIpc) is 2.07. The first kappa shape index (κ1) is 11.4. The molecule has 1 aromatic rings. The summed E-state index contributed by atoms with van der Waals surface area (Å²) in [6.45, 7) is -0.358. The maximum absolute atomic E-state index is 11.9. The number of aromatic nitrogens is 1. The largest absolute Gasteiger partial charge is 0.573 e. The van der Waals surface area contributed by atoms with Gasteiger partial charge in [0.15, 0.2) is 5.75 Å². The third-order valence-electron chi connectivity index (χ3n) is 1.49. The van der Waals surface area contributed by atoms with Gasteiger partial charge in [-0.1, -0.05) is 0 Å². The zero-order valence-electron chi connectivity index (χ0n) is 7.26. The number of nitrogens with one attached hydrogen (secondary N) is 1. The summed E-state index contributed by atoms with van der Waals surface area (Å²) in [6.07, 6.45) is -4.96. The SMILES string of the molecule is NCc1cc(=O)[nH]c(O)c1OC(F)(F)F. The van der Waals surface area contributed by atoms with Crippen LogP contribution in [0.1, 0.15) is 5.56 Å².